The fourth-order valence-corrected chi connectivity index (χ4v) is 2.97. The van der Waals surface area contributed by atoms with Gasteiger partial charge in [0.2, 0.25) is 5.82 Å². The number of hydrogen-bond donors (Lipinski definition) is 0. The maximum atomic E-state index is 12.3. The number of ether oxygens (including phenoxy) is 2. The molecule has 144 valence electrons. The Hall–Kier alpha value is -3.19. The highest BCUT2D eigenvalue weighted by atomic mass is 16.5. The first-order valence-corrected chi connectivity index (χ1v) is 9.19. The summed E-state index contributed by atoms with van der Waals surface area (Å²) in [5, 5.41) is 4.07. The van der Waals surface area contributed by atoms with Crippen molar-refractivity contribution in [2.24, 2.45) is 0 Å². The second-order valence-corrected chi connectivity index (χ2v) is 6.57. The van der Waals surface area contributed by atoms with Crippen LogP contribution in [0.25, 0.3) is 22.8 Å². The van der Waals surface area contributed by atoms with E-state index in [0.29, 0.717) is 49.3 Å². The molecule has 0 bridgehead atoms. The number of aryl methyl sites for hydroxylation is 1. The predicted molar refractivity (Wildman–Crippen MR) is 103 cm³/mol. The Balaban J connectivity index is 1.50. The van der Waals surface area contributed by atoms with E-state index in [9.17, 15) is 4.79 Å². The number of amides is 1. The smallest absolute Gasteiger partial charge is 0.262 e. The van der Waals surface area contributed by atoms with Crippen molar-refractivity contribution in [2.75, 3.05) is 32.9 Å². The molecule has 1 aliphatic rings. The fraction of sp³-hybridized carbons (Fsp3) is 0.286. The molecule has 7 nitrogen and oxygen atoms in total. The van der Waals surface area contributed by atoms with Crippen LogP contribution in [0.3, 0.4) is 0 Å². The van der Waals surface area contributed by atoms with Gasteiger partial charge in [0.25, 0.3) is 11.8 Å². The summed E-state index contributed by atoms with van der Waals surface area (Å²) in [7, 11) is 0. The van der Waals surface area contributed by atoms with Gasteiger partial charge in [-0.2, -0.15) is 4.98 Å². The SMILES string of the molecule is Cc1ccc(-c2noc(-c3ccccc3OCC(=O)N3CCOCC3)n2)cc1. The lowest BCUT2D eigenvalue weighted by molar-refractivity contribution is -0.137. The third kappa shape index (κ3) is 4.04. The quantitative estimate of drug-likeness (QED) is 0.678. The number of benzene rings is 2. The van der Waals surface area contributed by atoms with Gasteiger partial charge in [0.1, 0.15) is 5.75 Å². The van der Waals surface area contributed by atoms with E-state index >= 15 is 0 Å². The van der Waals surface area contributed by atoms with Gasteiger partial charge in [0.15, 0.2) is 6.61 Å². The lowest BCUT2D eigenvalue weighted by Gasteiger charge is -2.26. The Morgan fingerprint density at radius 2 is 1.86 bits per heavy atom. The third-order valence-corrected chi connectivity index (χ3v) is 4.57. The minimum absolute atomic E-state index is 0.0457. The fourth-order valence-electron chi connectivity index (χ4n) is 2.97. The molecule has 0 saturated carbocycles. The predicted octanol–water partition coefficient (Wildman–Crippen LogP) is 2.95. The standard InChI is InChI=1S/C21H21N3O4/c1-15-6-8-16(9-7-15)20-22-21(28-23-20)17-4-2-3-5-18(17)27-14-19(25)24-10-12-26-13-11-24/h2-9H,10-14H2,1H3. The van der Waals surface area contributed by atoms with Crippen molar-refractivity contribution in [1.82, 2.24) is 15.0 Å². The van der Waals surface area contributed by atoms with Crippen LogP contribution in [-0.2, 0) is 9.53 Å². The highest BCUT2D eigenvalue weighted by Gasteiger charge is 2.19. The van der Waals surface area contributed by atoms with Crippen LogP contribution in [0.1, 0.15) is 5.56 Å². The normalized spacial score (nSPS) is 14.1. The summed E-state index contributed by atoms with van der Waals surface area (Å²) in [5.74, 6) is 1.33. The Kier molecular flexibility index (Phi) is 5.34. The van der Waals surface area contributed by atoms with Crippen molar-refractivity contribution in [3.05, 3.63) is 54.1 Å². The summed E-state index contributed by atoms with van der Waals surface area (Å²) < 4.78 is 16.5. The Morgan fingerprint density at radius 3 is 2.64 bits per heavy atom. The lowest BCUT2D eigenvalue weighted by Crippen LogP contribution is -2.43. The summed E-state index contributed by atoms with van der Waals surface area (Å²) in [6, 6.07) is 15.2. The number of morpholine rings is 1. The molecule has 4 rings (SSSR count). The molecule has 3 aromatic rings. The van der Waals surface area contributed by atoms with Gasteiger partial charge in [-0.05, 0) is 19.1 Å². The van der Waals surface area contributed by atoms with Gasteiger partial charge < -0.3 is 18.9 Å². The molecule has 1 aliphatic heterocycles. The van der Waals surface area contributed by atoms with E-state index in [0.717, 1.165) is 11.1 Å². The second-order valence-electron chi connectivity index (χ2n) is 6.57. The van der Waals surface area contributed by atoms with Crippen molar-refractivity contribution in [3.8, 4) is 28.6 Å². The van der Waals surface area contributed by atoms with Gasteiger partial charge in [-0.25, -0.2) is 0 Å². The molecule has 1 aromatic heterocycles. The number of carbonyl (C=O) groups excluding carboxylic acids is 1. The van der Waals surface area contributed by atoms with Crippen molar-refractivity contribution in [3.63, 3.8) is 0 Å². The van der Waals surface area contributed by atoms with E-state index in [2.05, 4.69) is 10.1 Å². The summed E-state index contributed by atoms with van der Waals surface area (Å²) in [4.78, 5) is 18.6. The highest BCUT2D eigenvalue weighted by Crippen LogP contribution is 2.30. The maximum absolute atomic E-state index is 12.3. The molecule has 1 amide bonds. The van der Waals surface area contributed by atoms with Crippen molar-refractivity contribution in [2.45, 2.75) is 6.92 Å². The Bertz CT molecular complexity index is 946. The Labute approximate surface area is 162 Å². The van der Waals surface area contributed by atoms with Crippen LogP contribution in [-0.4, -0.2) is 53.9 Å². The van der Waals surface area contributed by atoms with Gasteiger partial charge >= 0.3 is 0 Å². The summed E-state index contributed by atoms with van der Waals surface area (Å²) in [6.07, 6.45) is 0. The topological polar surface area (TPSA) is 77.7 Å². The van der Waals surface area contributed by atoms with Crippen LogP contribution < -0.4 is 4.74 Å². The first-order chi connectivity index (χ1) is 13.7. The van der Waals surface area contributed by atoms with Crippen molar-refractivity contribution in [1.29, 1.82) is 0 Å². The second kappa shape index (κ2) is 8.22. The van der Waals surface area contributed by atoms with Crippen LogP contribution in [0.5, 0.6) is 5.75 Å². The van der Waals surface area contributed by atoms with E-state index in [4.69, 9.17) is 14.0 Å². The summed E-state index contributed by atoms with van der Waals surface area (Å²) in [5.41, 5.74) is 2.70. The molecular weight excluding hydrogens is 358 g/mol. The molecule has 2 aromatic carbocycles. The summed E-state index contributed by atoms with van der Waals surface area (Å²) >= 11 is 0. The van der Waals surface area contributed by atoms with Crippen LogP contribution in [0.2, 0.25) is 0 Å². The van der Waals surface area contributed by atoms with E-state index in [1.165, 1.54) is 0 Å². The highest BCUT2D eigenvalue weighted by molar-refractivity contribution is 5.78. The number of carbonyl (C=O) groups is 1. The van der Waals surface area contributed by atoms with Crippen LogP contribution in [0.15, 0.2) is 53.1 Å². The molecule has 0 unspecified atom stereocenters. The first-order valence-electron chi connectivity index (χ1n) is 9.19. The summed E-state index contributed by atoms with van der Waals surface area (Å²) in [6.45, 7) is 4.28. The minimum atomic E-state index is -0.0658. The zero-order valence-electron chi connectivity index (χ0n) is 15.6. The molecule has 2 heterocycles. The molecule has 0 aliphatic carbocycles. The molecule has 0 atom stereocenters. The third-order valence-electron chi connectivity index (χ3n) is 4.57. The van der Waals surface area contributed by atoms with Crippen LogP contribution in [0, 0.1) is 6.92 Å². The van der Waals surface area contributed by atoms with Crippen LogP contribution >= 0.6 is 0 Å². The average molecular weight is 379 g/mol. The molecule has 1 saturated heterocycles. The van der Waals surface area contributed by atoms with Gasteiger partial charge in [0.05, 0.1) is 18.8 Å². The molecule has 0 radical (unpaired) electrons. The van der Waals surface area contributed by atoms with E-state index in [1.807, 2.05) is 49.4 Å². The minimum Gasteiger partial charge on any atom is -0.483 e. The molecular formula is C21H21N3O4. The van der Waals surface area contributed by atoms with Crippen molar-refractivity contribution < 1.29 is 18.8 Å². The van der Waals surface area contributed by atoms with Gasteiger partial charge in [-0.1, -0.05) is 47.1 Å². The molecule has 0 N–H and O–H groups in total. The molecule has 28 heavy (non-hydrogen) atoms. The number of rotatable bonds is 5. The number of aromatic nitrogens is 2. The largest absolute Gasteiger partial charge is 0.483 e. The molecule has 7 heteroatoms. The molecule has 0 spiro atoms. The number of hydrogen-bond acceptors (Lipinski definition) is 6. The van der Waals surface area contributed by atoms with Crippen LogP contribution in [0.4, 0.5) is 0 Å². The first kappa shape index (κ1) is 18.2. The lowest BCUT2D eigenvalue weighted by atomic mass is 10.1. The zero-order valence-corrected chi connectivity index (χ0v) is 15.6. The Morgan fingerprint density at radius 1 is 1.11 bits per heavy atom. The monoisotopic (exact) mass is 379 g/mol. The van der Waals surface area contributed by atoms with E-state index in [-0.39, 0.29) is 12.5 Å². The van der Waals surface area contributed by atoms with Crippen molar-refractivity contribution >= 4 is 5.91 Å². The number of para-hydroxylation sites is 1. The van der Waals surface area contributed by atoms with E-state index < -0.39 is 0 Å². The van der Waals surface area contributed by atoms with Gasteiger partial charge in [-0.3, -0.25) is 4.79 Å². The maximum Gasteiger partial charge on any atom is 0.262 e. The van der Waals surface area contributed by atoms with Gasteiger partial charge in [-0.15, -0.1) is 0 Å². The number of nitrogens with zero attached hydrogens (tertiary/aromatic N) is 3. The van der Waals surface area contributed by atoms with Gasteiger partial charge in [0, 0.05) is 18.7 Å². The molecule has 1 fully saturated rings. The average Bonchev–Trinajstić information content (AvgIpc) is 3.23. The zero-order chi connectivity index (χ0) is 19.3. The van der Waals surface area contributed by atoms with E-state index in [1.54, 1.807) is 11.0 Å².